The fourth-order valence-corrected chi connectivity index (χ4v) is 2.69. The average molecular weight is 253 g/mol. The maximum absolute atomic E-state index is 9.82. The van der Waals surface area contributed by atoms with E-state index in [9.17, 15) is 5.11 Å². The molecule has 1 heterocycles. The molecule has 3 nitrogen and oxygen atoms in total. The number of aromatic hydroxyl groups is 1. The van der Waals surface area contributed by atoms with Crippen LogP contribution in [0.2, 0.25) is 0 Å². The van der Waals surface area contributed by atoms with Gasteiger partial charge in [0.05, 0.1) is 4.70 Å². The second-order valence-corrected chi connectivity index (χ2v) is 4.46. The highest BCUT2D eigenvalue weighted by molar-refractivity contribution is 7.22. The van der Waals surface area contributed by atoms with E-state index in [0.717, 1.165) is 21.0 Å². The summed E-state index contributed by atoms with van der Waals surface area (Å²) in [6.07, 6.45) is 0. The number of aromatic amines is 1. The minimum absolute atomic E-state index is 0. The third-order valence-corrected chi connectivity index (χ3v) is 3.41. The average Bonchev–Trinajstić information content (AvgIpc) is 2.59. The van der Waals surface area contributed by atoms with Crippen molar-refractivity contribution in [2.24, 2.45) is 0 Å². The summed E-state index contributed by atoms with van der Waals surface area (Å²) in [5.41, 5.74) is 6.60. The Labute approximate surface area is 102 Å². The van der Waals surface area contributed by atoms with E-state index in [-0.39, 0.29) is 18.2 Å². The van der Waals surface area contributed by atoms with Crippen LogP contribution < -0.4 is 23.1 Å². The lowest BCUT2D eigenvalue weighted by atomic mass is 10.1. The Balaban J connectivity index is 0.000000963. The monoisotopic (exact) mass is 252 g/mol. The fourth-order valence-electron chi connectivity index (χ4n) is 1.80. The van der Waals surface area contributed by atoms with Crippen LogP contribution in [0.1, 0.15) is 0 Å². The van der Waals surface area contributed by atoms with E-state index in [4.69, 9.17) is 5.73 Å². The van der Waals surface area contributed by atoms with Crippen LogP contribution in [0, 0.1) is 0 Å². The van der Waals surface area contributed by atoms with Crippen molar-refractivity contribution in [2.75, 3.05) is 5.73 Å². The molecule has 0 fully saturated rings. The van der Waals surface area contributed by atoms with Crippen LogP contribution in [0.5, 0.6) is 5.75 Å². The quantitative estimate of drug-likeness (QED) is 0.548. The van der Waals surface area contributed by atoms with E-state index in [0.29, 0.717) is 5.13 Å². The van der Waals surface area contributed by atoms with E-state index < -0.39 is 0 Å². The first kappa shape index (κ1) is 11.0. The smallest absolute Gasteiger partial charge is 0.330 e. The molecular formula is C11H9ClN2OS. The summed E-state index contributed by atoms with van der Waals surface area (Å²) in [5, 5.41) is 12.4. The third-order valence-electron chi connectivity index (χ3n) is 2.44. The standard InChI is InChI=1S/C11H8N2OS.ClH/c12-11-13-8-5-9(14)6-3-1-2-4-7(6)10(8)15-11;/h1-5,14H,(H2,12,13);1H. The SMILES string of the molecule is Nc1[nH+]c2cc(O)c3ccccc3c2s1.[Cl-]. The molecule has 0 radical (unpaired) electrons. The lowest BCUT2D eigenvalue weighted by molar-refractivity contribution is -0.320. The van der Waals surface area contributed by atoms with Gasteiger partial charge < -0.3 is 17.5 Å². The van der Waals surface area contributed by atoms with Gasteiger partial charge in [-0.25, -0.2) is 4.98 Å². The molecule has 2 aromatic carbocycles. The van der Waals surface area contributed by atoms with Crippen molar-refractivity contribution in [1.82, 2.24) is 0 Å². The molecule has 0 aliphatic heterocycles. The lowest BCUT2D eigenvalue weighted by Gasteiger charge is -1.99. The molecule has 0 unspecified atom stereocenters. The summed E-state index contributed by atoms with van der Waals surface area (Å²) < 4.78 is 1.08. The number of benzene rings is 2. The van der Waals surface area contributed by atoms with Crippen LogP contribution in [-0.2, 0) is 0 Å². The van der Waals surface area contributed by atoms with Gasteiger partial charge in [-0.1, -0.05) is 24.3 Å². The van der Waals surface area contributed by atoms with Gasteiger partial charge >= 0.3 is 5.13 Å². The lowest BCUT2D eigenvalue weighted by Crippen LogP contribution is -3.00. The summed E-state index contributed by atoms with van der Waals surface area (Å²) >= 11 is 1.50. The van der Waals surface area contributed by atoms with Crippen molar-refractivity contribution < 1.29 is 22.5 Å². The molecule has 0 atom stereocenters. The van der Waals surface area contributed by atoms with Crippen LogP contribution in [0.4, 0.5) is 5.13 Å². The Hall–Kier alpha value is -1.52. The Morgan fingerprint density at radius 3 is 2.62 bits per heavy atom. The molecule has 0 spiro atoms. The number of fused-ring (bicyclic) bond motifs is 3. The van der Waals surface area contributed by atoms with E-state index in [1.165, 1.54) is 11.3 Å². The molecule has 82 valence electrons. The zero-order chi connectivity index (χ0) is 10.4. The number of nitrogens with two attached hydrogens (primary N) is 1. The summed E-state index contributed by atoms with van der Waals surface area (Å²) in [7, 11) is 0. The van der Waals surface area contributed by atoms with Crippen molar-refractivity contribution >= 4 is 37.5 Å². The molecule has 0 aliphatic carbocycles. The Bertz CT molecular complexity index is 665. The van der Waals surface area contributed by atoms with Gasteiger partial charge in [-0.3, -0.25) is 5.73 Å². The van der Waals surface area contributed by atoms with Gasteiger partial charge in [-0.2, -0.15) is 0 Å². The zero-order valence-electron chi connectivity index (χ0n) is 8.20. The van der Waals surface area contributed by atoms with Crippen LogP contribution in [0.25, 0.3) is 21.0 Å². The molecular weight excluding hydrogens is 244 g/mol. The molecule has 0 bridgehead atoms. The van der Waals surface area contributed by atoms with E-state index in [2.05, 4.69) is 4.98 Å². The first-order chi connectivity index (χ1) is 7.25. The second kappa shape index (κ2) is 3.81. The van der Waals surface area contributed by atoms with Crippen molar-refractivity contribution in [3.63, 3.8) is 0 Å². The Morgan fingerprint density at radius 2 is 1.88 bits per heavy atom. The van der Waals surface area contributed by atoms with Gasteiger partial charge in [-0.15, -0.1) is 0 Å². The summed E-state index contributed by atoms with van der Waals surface area (Å²) in [6.45, 7) is 0. The topological polar surface area (TPSA) is 60.4 Å². The number of anilines is 1. The van der Waals surface area contributed by atoms with E-state index in [1.54, 1.807) is 6.07 Å². The molecule has 0 saturated heterocycles. The minimum atomic E-state index is 0. The van der Waals surface area contributed by atoms with Crippen molar-refractivity contribution in [3.8, 4) is 5.75 Å². The minimum Gasteiger partial charge on any atom is -1.00 e. The third kappa shape index (κ3) is 1.47. The van der Waals surface area contributed by atoms with Crippen molar-refractivity contribution in [3.05, 3.63) is 30.3 Å². The van der Waals surface area contributed by atoms with Crippen LogP contribution >= 0.6 is 11.3 Å². The van der Waals surface area contributed by atoms with Crippen LogP contribution in [-0.4, -0.2) is 5.11 Å². The van der Waals surface area contributed by atoms with E-state index >= 15 is 0 Å². The number of aromatic nitrogens is 1. The first-order valence-corrected chi connectivity index (χ1v) is 5.39. The molecule has 0 amide bonds. The van der Waals surface area contributed by atoms with Crippen LogP contribution in [0.15, 0.2) is 30.3 Å². The van der Waals surface area contributed by atoms with Crippen molar-refractivity contribution in [2.45, 2.75) is 0 Å². The number of hydrogen-bond donors (Lipinski definition) is 2. The second-order valence-electron chi connectivity index (χ2n) is 3.41. The van der Waals surface area contributed by atoms with Gasteiger partial charge in [0, 0.05) is 16.8 Å². The first-order valence-electron chi connectivity index (χ1n) is 4.58. The van der Waals surface area contributed by atoms with Crippen LogP contribution in [0.3, 0.4) is 0 Å². The van der Waals surface area contributed by atoms with Gasteiger partial charge in [0.15, 0.2) is 0 Å². The van der Waals surface area contributed by atoms with E-state index in [1.807, 2.05) is 24.3 Å². The predicted molar refractivity (Wildman–Crippen MR) is 62.0 cm³/mol. The molecule has 5 heteroatoms. The highest BCUT2D eigenvalue weighted by Gasteiger charge is 2.11. The number of hydrogen-bond acceptors (Lipinski definition) is 3. The highest BCUT2D eigenvalue weighted by Crippen LogP contribution is 2.34. The molecule has 3 aromatic rings. The molecule has 1 aromatic heterocycles. The molecule has 3 rings (SSSR count). The molecule has 0 aliphatic rings. The van der Waals surface area contributed by atoms with Gasteiger partial charge in [-0.05, 0) is 11.3 Å². The van der Waals surface area contributed by atoms with Gasteiger partial charge in [0.25, 0.3) is 0 Å². The summed E-state index contributed by atoms with van der Waals surface area (Å²) in [6, 6.07) is 9.47. The predicted octanol–water partition coefficient (Wildman–Crippen LogP) is -0.840. The number of nitrogens with one attached hydrogen (secondary N) is 1. The maximum atomic E-state index is 9.82. The number of H-pyrrole nitrogens is 1. The van der Waals surface area contributed by atoms with Gasteiger partial charge in [0.1, 0.15) is 11.3 Å². The number of nitrogen functional groups attached to an aromatic ring is 1. The van der Waals surface area contributed by atoms with Gasteiger partial charge in [0.2, 0.25) is 0 Å². The largest absolute Gasteiger partial charge is 1.00 e. The maximum Gasteiger partial charge on any atom is 0.330 e. The summed E-state index contributed by atoms with van der Waals surface area (Å²) in [5.74, 6) is 0.284. The number of thiazole rings is 1. The fraction of sp³-hybridized carbons (Fsp3) is 0. The van der Waals surface area contributed by atoms with Crippen molar-refractivity contribution in [1.29, 1.82) is 0 Å². The number of rotatable bonds is 0. The highest BCUT2D eigenvalue weighted by atomic mass is 35.5. The Morgan fingerprint density at radius 1 is 1.19 bits per heavy atom. The zero-order valence-corrected chi connectivity index (χ0v) is 9.77. The number of phenolic OH excluding ortho intramolecular Hbond substituents is 1. The molecule has 4 N–H and O–H groups in total. The summed E-state index contributed by atoms with van der Waals surface area (Å²) in [4.78, 5) is 3.03. The molecule has 16 heavy (non-hydrogen) atoms. The molecule has 0 saturated carbocycles. The number of phenols is 1. The number of halogens is 1. The normalized spacial score (nSPS) is 10.5. The Kier molecular flexibility index (Phi) is 2.61.